The third-order valence-corrected chi connectivity index (χ3v) is 8.10. The minimum Gasteiger partial charge on any atom is -0.342 e. The van der Waals surface area contributed by atoms with Crippen molar-refractivity contribution in [1.82, 2.24) is 18.4 Å². The maximum absolute atomic E-state index is 14.0. The molecule has 0 aromatic heterocycles. The molecule has 0 unspecified atom stereocenters. The highest BCUT2D eigenvalue weighted by Gasteiger charge is 2.32. The molecule has 0 radical (unpaired) electrons. The highest BCUT2D eigenvalue weighted by atomic mass is 35.5. The summed E-state index contributed by atoms with van der Waals surface area (Å²) in [5.74, 6) is -0.402. The normalized spacial score (nSPS) is 19.8. The van der Waals surface area contributed by atoms with Gasteiger partial charge in [0.25, 0.3) is 10.2 Å². The van der Waals surface area contributed by atoms with E-state index in [-0.39, 0.29) is 23.0 Å². The van der Waals surface area contributed by atoms with Crippen LogP contribution in [0.2, 0.25) is 5.02 Å². The maximum atomic E-state index is 14.0. The van der Waals surface area contributed by atoms with E-state index in [1.54, 1.807) is 6.07 Å². The Kier molecular flexibility index (Phi) is 8.09. The van der Waals surface area contributed by atoms with E-state index in [2.05, 4.69) is 0 Å². The molecule has 3 rings (SSSR count). The largest absolute Gasteiger partial charge is 0.342 e. The first-order valence-electron chi connectivity index (χ1n) is 10.4. The number of hydrogen-bond acceptors (Lipinski definition) is 4. The average molecular weight is 461 g/mol. The number of benzene rings is 1. The van der Waals surface area contributed by atoms with E-state index in [4.69, 9.17) is 11.6 Å². The zero-order chi connectivity index (χ0) is 21.7. The predicted octanol–water partition coefficient (Wildman–Crippen LogP) is 2.18. The van der Waals surface area contributed by atoms with Gasteiger partial charge in [0.05, 0.1) is 6.54 Å². The number of carbonyl (C=O) groups is 1. The molecule has 0 bridgehead atoms. The zero-order valence-electron chi connectivity index (χ0n) is 17.4. The van der Waals surface area contributed by atoms with Crippen molar-refractivity contribution < 1.29 is 17.6 Å². The van der Waals surface area contributed by atoms with Gasteiger partial charge in [0.15, 0.2) is 0 Å². The number of carbonyl (C=O) groups excluding carboxylic acids is 1. The number of likely N-dealkylation sites (tertiary alicyclic amines) is 1. The van der Waals surface area contributed by atoms with Gasteiger partial charge in [-0.05, 0) is 25.0 Å². The van der Waals surface area contributed by atoms with Crippen molar-refractivity contribution in [2.45, 2.75) is 32.2 Å². The molecule has 2 heterocycles. The van der Waals surface area contributed by atoms with Crippen LogP contribution in [0, 0.1) is 5.82 Å². The fourth-order valence-corrected chi connectivity index (χ4v) is 5.45. The molecule has 7 nitrogen and oxygen atoms in total. The Hall–Kier alpha value is -1.26. The number of piperazine rings is 1. The summed E-state index contributed by atoms with van der Waals surface area (Å²) in [5.41, 5.74) is 0.159. The lowest BCUT2D eigenvalue weighted by molar-refractivity contribution is -0.132. The Morgan fingerprint density at radius 1 is 1.07 bits per heavy atom. The van der Waals surface area contributed by atoms with E-state index in [9.17, 15) is 17.6 Å². The van der Waals surface area contributed by atoms with E-state index in [1.165, 1.54) is 36.3 Å². The summed E-state index contributed by atoms with van der Waals surface area (Å²) in [4.78, 5) is 16.5. The summed E-state index contributed by atoms with van der Waals surface area (Å²) in [7, 11) is -2.33. The summed E-state index contributed by atoms with van der Waals surface area (Å²) in [6, 6.07) is 4.30. The molecule has 2 saturated heterocycles. The minimum atomic E-state index is -3.75. The van der Waals surface area contributed by atoms with Gasteiger partial charge in [0.2, 0.25) is 5.91 Å². The van der Waals surface area contributed by atoms with Gasteiger partial charge in [-0.1, -0.05) is 30.5 Å². The number of rotatable bonds is 6. The maximum Gasteiger partial charge on any atom is 0.282 e. The smallest absolute Gasteiger partial charge is 0.282 e. The lowest BCUT2D eigenvalue weighted by Crippen LogP contribution is -2.54. The number of amides is 1. The SMILES string of the molecule is CN(Cc1c(F)cccc1Cl)S(=O)(=O)N1CCN(CC(=O)N2CCCCCC2)CC1. The van der Waals surface area contributed by atoms with Crippen molar-refractivity contribution >= 4 is 27.7 Å². The third-order valence-electron chi connectivity index (χ3n) is 5.81. The first-order valence-corrected chi connectivity index (χ1v) is 12.2. The van der Waals surface area contributed by atoms with Crippen LogP contribution in [0.4, 0.5) is 4.39 Å². The van der Waals surface area contributed by atoms with Gasteiger partial charge < -0.3 is 4.90 Å². The summed E-state index contributed by atoms with van der Waals surface area (Å²) in [6.07, 6.45) is 4.45. The molecule has 2 fully saturated rings. The molecule has 0 N–H and O–H groups in total. The van der Waals surface area contributed by atoms with Gasteiger partial charge in [-0.3, -0.25) is 9.69 Å². The Morgan fingerprint density at radius 3 is 2.30 bits per heavy atom. The van der Waals surface area contributed by atoms with Crippen molar-refractivity contribution in [2.24, 2.45) is 0 Å². The highest BCUT2D eigenvalue weighted by Crippen LogP contribution is 2.22. The lowest BCUT2D eigenvalue weighted by atomic mass is 10.2. The Labute approximate surface area is 183 Å². The summed E-state index contributed by atoms with van der Waals surface area (Å²) in [6.45, 7) is 3.40. The molecule has 0 aliphatic carbocycles. The molecule has 2 aliphatic heterocycles. The zero-order valence-corrected chi connectivity index (χ0v) is 19.0. The van der Waals surface area contributed by atoms with Crippen molar-refractivity contribution in [3.63, 3.8) is 0 Å². The molecule has 0 spiro atoms. The fourth-order valence-electron chi connectivity index (χ4n) is 3.91. The predicted molar refractivity (Wildman–Crippen MR) is 115 cm³/mol. The minimum absolute atomic E-state index is 0.125. The van der Waals surface area contributed by atoms with Crippen LogP contribution in [0.15, 0.2) is 18.2 Å². The number of hydrogen-bond donors (Lipinski definition) is 0. The Balaban J connectivity index is 1.53. The van der Waals surface area contributed by atoms with Gasteiger partial charge in [0.1, 0.15) is 5.82 Å². The lowest BCUT2D eigenvalue weighted by Gasteiger charge is -2.36. The van der Waals surface area contributed by atoms with Gasteiger partial charge in [-0.2, -0.15) is 17.0 Å². The van der Waals surface area contributed by atoms with Crippen LogP contribution in [0.1, 0.15) is 31.2 Å². The van der Waals surface area contributed by atoms with Crippen LogP contribution < -0.4 is 0 Å². The molecule has 30 heavy (non-hydrogen) atoms. The van der Waals surface area contributed by atoms with Crippen LogP contribution in [0.25, 0.3) is 0 Å². The molecule has 168 valence electrons. The van der Waals surface area contributed by atoms with Crippen molar-refractivity contribution in [2.75, 3.05) is 52.9 Å². The molecule has 0 atom stereocenters. The fraction of sp³-hybridized carbons (Fsp3) is 0.650. The van der Waals surface area contributed by atoms with E-state index in [1.807, 2.05) is 9.80 Å². The highest BCUT2D eigenvalue weighted by molar-refractivity contribution is 7.86. The Bertz CT molecular complexity index is 818. The average Bonchev–Trinajstić information content (AvgIpc) is 3.01. The molecule has 1 amide bonds. The van der Waals surface area contributed by atoms with E-state index in [0.717, 1.165) is 30.2 Å². The van der Waals surface area contributed by atoms with Gasteiger partial charge in [-0.25, -0.2) is 4.39 Å². The monoisotopic (exact) mass is 460 g/mol. The van der Waals surface area contributed by atoms with Crippen LogP contribution in [-0.4, -0.2) is 85.6 Å². The van der Waals surface area contributed by atoms with Crippen LogP contribution in [0.3, 0.4) is 0 Å². The van der Waals surface area contributed by atoms with Crippen LogP contribution in [0.5, 0.6) is 0 Å². The van der Waals surface area contributed by atoms with Crippen LogP contribution in [-0.2, 0) is 21.5 Å². The molecule has 1 aromatic rings. The quantitative estimate of drug-likeness (QED) is 0.652. The molecular weight excluding hydrogens is 431 g/mol. The van der Waals surface area contributed by atoms with Crippen LogP contribution >= 0.6 is 11.6 Å². The van der Waals surface area contributed by atoms with Crippen molar-refractivity contribution in [1.29, 1.82) is 0 Å². The van der Waals surface area contributed by atoms with Gasteiger partial charge in [-0.15, -0.1) is 0 Å². The van der Waals surface area contributed by atoms with Gasteiger partial charge >= 0.3 is 0 Å². The summed E-state index contributed by atoms with van der Waals surface area (Å²) < 4.78 is 42.4. The molecule has 0 saturated carbocycles. The Morgan fingerprint density at radius 2 is 1.70 bits per heavy atom. The molecular formula is C20H30ClFN4O3S. The van der Waals surface area contributed by atoms with Gasteiger partial charge in [0, 0.05) is 63.4 Å². The second-order valence-corrected chi connectivity index (χ2v) is 10.4. The topological polar surface area (TPSA) is 64.2 Å². The molecule has 10 heteroatoms. The second-order valence-electron chi connectivity index (χ2n) is 7.93. The number of nitrogens with zero attached hydrogens (tertiary/aromatic N) is 4. The van der Waals surface area contributed by atoms with E-state index < -0.39 is 16.0 Å². The molecule has 2 aliphatic rings. The first-order chi connectivity index (χ1) is 14.3. The standard InChI is InChI=1S/C20H30ClFN4O3S/c1-23(15-17-18(21)7-6-8-19(17)22)30(28,29)26-13-11-24(12-14-26)16-20(27)25-9-4-2-3-5-10-25/h6-8H,2-5,9-16H2,1H3. The first kappa shape index (κ1) is 23.4. The third kappa shape index (κ3) is 5.70. The number of halogens is 2. The molecule has 1 aromatic carbocycles. The van der Waals surface area contributed by atoms with E-state index in [0.29, 0.717) is 32.7 Å². The van der Waals surface area contributed by atoms with Crippen molar-refractivity contribution in [3.8, 4) is 0 Å². The second kappa shape index (κ2) is 10.4. The summed E-state index contributed by atoms with van der Waals surface area (Å²) >= 11 is 6.03. The summed E-state index contributed by atoms with van der Waals surface area (Å²) in [5, 5.41) is 0.203. The van der Waals surface area contributed by atoms with E-state index >= 15 is 0 Å². The van der Waals surface area contributed by atoms with Crippen molar-refractivity contribution in [3.05, 3.63) is 34.6 Å².